The number of aromatic nitrogens is 7. The van der Waals surface area contributed by atoms with Crippen molar-refractivity contribution in [2.75, 3.05) is 6.54 Å². The normalized spacial score (nSPS) is 12.0. The molecule has 2 rings (SSSR count). The fourth-order valence-electron chi connectivity index (χ4n) is 1.77. The summed E-state index contributed by atoms with van der Waals surface area (Å²) in [5.74, 6) is 1.64. The summed E-state index contributed by atoms with van der Waals surface area (Å²) in [5.41, 5.74) is 0.0961. The number of hydrogen-bond donors (Lipinski definition) is 1. The van der Waals surface area contributed by atoms with Crippen LogP contribution in [0.15, 0.2) is 11.5 Å². The molecule has 0 aliphatic carbocycles. The molecule has 9 heteroatoms. The Hall–Kier alpha value is -1.48. The highest BCUT2D eigenvalue weighted by atomic mass is 32.2. The zero-order chi connectivity index (χ0) is 15.3. The van der Waals surface area contributed by atoms with Gasteiger partial charge in [-0.2, -0.15) is 5.10 Å². The molecule has 1 N–H and O–H groups in total. The SMILES string of the molecule is CCn1ncnc1CSc1nnnn1CCNC(C)(C)C. The van der Waals surface area contributed by atoms with Gasteiger partial charge in [0.2, 0.25) is 5.16 Å². The van der Waals surface area contributed by atoms with Crippen molar-refractivity contribution in [3.05, 3.63) is 12.2 Å². The summed E-state index contributed by atoms with van der Waals surface area (Å²) in [7, 11) is 0. The van der Waals surface area contributed by atoms with Crippen molar-refractivity contribution in [2.24, 2.45) is 0 Å². The van der Waals surface area contributed by atoms with Crippen LogP contribution in [0.5, 0.6) is 0 Å². The lowest BCUT2D eigenvalue weighted by Gasteiger charge is -2.20. The highest BCUT2D eigenvalue weighted by molar-refractivity contribution is 7.98. The van der Waals surface area contributed by atoms with Crippen molar-refractivity contribution in [1.82, 2.24) is 40.3 Å². The van der Waals surface area contributed by atoms with E-state index in [0.29, 0.717) is 5.75 Å². The number of thioether (sulfide) groups is 1. The molecule has 2 aromatic heterocycles. The van der Waals surface area contributed by atoms with E-state index in [4.69, 9.17) is 0 Å². The summed E-state index contributed by atoms with van der Waals surface area (Å²) in [6.07, 6.45) is 1.58. The lowest BCUT2D eigenvalue weighted by atomic mass is 10.1. The minimum absolute atomic E-state index is 0.0961. The Kier molecular flexibility index (Phi) is 5.29. The van der Waals surface area contributed by atoms with E-state index in [1.54, 1.807) is 18.1 Å². The molecule has 0 atom stereocenters. The molecule has 0 amide bonds. The van der Waals surface area contributed by atoms with Gasteiger partial charge in [0.15, 0.2) is 0 Å². The van der Waals surface area contributed by atoms with Crippen molar-refractivity contribution in [2.45, 2.75) is 57.2 Å². The van der Waals surface area contributed by atoms with E-state index in [0.717, 1.165) is 30.6 Å². The van der Waals surface area contributed by atoms with Gasteiger partial charge >= 0.3 is 0 Å². The first-order chi connectivity index (χ1) is 9.99. The van der Waals surface area contributed by atoms with Crippen LogP contribution in [-0.2, 0) is 18.8 Å². The summed E-state index contributed by atoms with van der Waals surface area (Å²) >= 11 is 1.57. The molecule has 8 nitrogen and oxygen atoms in total. The predicted molar refractivity (Wildman–Crippen MR) is 80.8 cm³/mol. The summed E-state index contributed by atoms with van der Waals surface area (Å²) in [6.45, 7) is 10.8. The Bertz CT molecular complexity index is 556. The lowest BCUT2D eigenvalue weighted by Crippen LogP contribution is -2.38. The first-order valence-corrected chi connectivity index (χ1v) is 7.99. The molecule has 0 aliphatic rings. The molecule has 0 aromatic carbocycles. The molecule has 0 fully saturated rings. The van der Waals surface area contributed by atoms with Crippen LogP contribution >= 0.6 is 11.8 Å². The van der Waals surface area contributed by atoms with E-state index >= 15 is 0 Å². The standard InChI is InChI=1S/C12H22N8S/c1-5-19-10(13-9-15-19)8-21-11-16-17-18-20(11)7-6-14-12(2,3)4/h9,14H,5-8H2,1-4H3. The Labute approximate surface area is 128 Å². The molecular formula is C12H22N8S. The van der Waals surface area contributed by atoms with Crippen LogP contribution in [0.4, 0.5) is 0 Å². The molecule has 2 heterocycles. The van der Waals surface area contributed by atoms with E-state index in [1.165, 1.54) is 0 Å². The Morgan fingerprint density at radius 2 is 2.10 bits per heavy atom. The van der Waals surface area contributed by atoms with Crippen molar-refractivity contribution in [3.63, 3.8) is 0 Å². The van der Waals surface area contributed by atoms with Crippen molar-refractivity contribution < 1.29 is 0 Å². The van der Waals surface area contributed by atoms with Crippen molar-refractivity contribution >= 4 is 11.8 Å². The van der Waals surface area contributed by atoms with E-state index in [-0.39, 0.29) is 5.54 Å². The first kappa shape index (κ1) is 15.9. The van der Waals surface area contributed by atoms with Crippen molar-refractivity contribution in [3.8, 4) is 0 Å². The molecule has 0 saturated carbocycles. The summed E-state index contributed by atoms with van der Waals surface area (Å²) in [6, 6.07) is 0. The highest BCUT2D eigenvalue weighted by Gasteiger charge is 2.12. The Morgan fingerprint density at radius 1 is 1.29 bits per heavy atom. The van der Waals surface area contributed by atoms with E-state index in [1.807, 2.05) is 16.3 Å². The Balaban J connectivity index is 1.88. The minimum Gasteiger partial charge on any atom is -0.310 e. The van der Waals surface area contributed by atoms with Gasteiger partial charge in [0.05, 0.1) is 12.3 Å². The minimum atomic E-state index is 0.0961. The van der Waals surface area contributed by atoms with Crippen LogP contribution in [0.25, 0.3) is 0 Å². The van der Waals surface area contributed by atoms with Crippen LogP contribution in [0.3, 0.4) is 0 Å². The predicted octanol–water partition coefficient (Wildman–Crippen LogP) is 0.965. The molecule has 21 heavy (non-hydrogen) atoms. The lowest BCUT2D eigenvalue weighted by molar-refractivity contribution is 0.396. The van der Waals surface area contributed by atoms with Gasteiger partial charge in [-0.25, -0.2) is 14.3 Å². The summed E-state index contributed by atoms with van der Waals surface area (Å²) in [4.78, 5) is 4.25. The molecule has 0 bridgehead atoms. The van der Waals surface area contributed by atoms with Crippen molar-refractivity contribution in [1.29, 1.82) is 0 Å². The summed E-state index contributed by atoms with van der Waals surface area (Å²) in [5, 5.41) is 20.2. The van der Waals surface area contributed by atoms with Gasteiger partial charge in [-0.3, -0.25) is 0 Å². The zero-order valence-electron chi connectivity index (χ0n) is 12.9. The fraction of sp³-hybridized carbons (Fsp3) is 0.750. The molecule has 0 aliphatic heterocycles. The fourth-order valence-corrected chi connectivity index (χ4v) is 2.62. The van der Waals surface area contributed by atoms with Crippen LogP contribution in [-0.4, -0.2) is 47.1 Å². The quantitative estimate of drug-likeness (QED) is 0.762. The van der Waals surface area contributed by atoms with Crippen LogP contribution < -0.4 is 5.32 Å². The third kappa shape index (κ3) is 4.78. The third-order valence-corrected chi connectivity index (χ3v) is 3.76. The number of hydrogen-bond acceptors (Lipinski definition) is 7. The molecule has 2 aromatic rings. The van der Waals surface area contributed by atoms with Crippen LogP contribution in [0, 0.1) is 0 Å². The van der Waals surface area contributed by atoms with Gasteiger partial charge in [0.25, 0.3) is 0 Å². The summed E-state index contributed by atoms with van der Waals surface area (Å²) < 4.78 is 3.69. The maximum absolute atomic E-state index is 4.25. The second kappa shape index (κ2) is 6.99. The number of nitrogens with one attached hydrogen (secondary N) is 1. The van der Waals surface area contributed by atoms with Gasteiger partial charge in [-0.1, -0.05) is 11.8 Å². The smallest absolute Gasteiger partial charge is 0.209 e. The maximum atomic E-state index is 4.25. The average Bonchev–Trinajstić information content (AvgIpc) is 3.03. The van der Waals surface area contributed by atoms with E-state index in [9.17, 15) is 0 Å². The molecule has 0 spiro atoms. The van der Waals surface area contributed by atoms with Crippen LogP contribution in [0.1, 0.15) is 33.5 Å². The second-order valence-electron chi connectivity index (χ2n) is 5.64. The van der Waals surface area contributed by atoms with Gasteiger partial charge in [-0.05, 0) is 38.1 Å². The zero-order valence-corrected chi connectivity index (χ0v) is 13.8. The molecular weight excluding hydrogens is 288 g/mol. The number of aryl methyl sites for hydroxylation is 1. The van der Waals surface area contributed by atoms with E-state index in [2.05, 4.69) is 51.7 Å². The monoisotopic (exact) mass is 310 g/mol. The van der Waals surface area contributed by atoms with Gasteiger partial charge in [0, 0.05) is 18.6 Å². The van der Waals surface area contributed by atoms with E-state index < -0.39 is 0 Å². The number of rotatable bonds is 7. The number of tetrazole rings is 1. The average molecular weight is 310 g/mol. The second-order valence-corrected chi connectivity index (χ2v) is 6.58. The molecule has 0 unspecified atom stereocenters. The molecule has 0 radical (unpaired) electrons. The van der Waals surface area contributed by atoms with Gasteiger partial charge < -0.3 is 5.32 Å². The highest BCUT2D eigenvalue weighted by Crippen LogP contribution is 2.18. The van der Waals surface area contributed by atoms with Gasteiger partial charge in [-0.15, -0.1) is 5.10 Å². The molecule has 116 valence electrons. The largest absolute Gasteiger partial charge is 0.310 e. The number of nitrogens with zero attached hydrogens (tertiary/aromatic N) is 7. The van der Waals surface area contributed by atoms with Gasteiger partial charge in [0.1, 0.15) is 12.2 Å². The topological polar surface area (TPSA) is 86.3 Å². The third-order valence-electron chi connectivity index (χ3n) is 2.80. The molecule has 0 saturated heterocycles. The first-order valence-electron chi connectivity index (χ1n) is 7.00. The maximum Gasteiger partial charge on any atom is 0.209 e. The Morgan fingerprint density at radius 3 is 2.81 bits per heavy atom. The van der Waals surface area contributed by atoms with Crippen LogP contribution in [0.2, 0.25) is 0 Å².